The smallest absolute Gasteiger partial charge is 0.0985 e. The Morgan fingerprint density at radius 3 is 3.00 bits per heavy atom. The molecule has 3 rings (SSSR count). The number of hydrogen-bond donors (Lipinski definition) is 0. The van der Waals surface area contributed by atoms with Gasteiger partial charge in [0.1, 0.15) is 0 Å². The average Bonchev–Trinajstić information content (AvgIpc) is 2.43. The molecular formula is C11H12N2O. The maximum atomic E-state index is 5.15. The second-order valence-corrected chi connectivity index (χ2v) is 3.86. The number of nitrogens with zero attached hydrogens (tertiary/aromatic N) is 2. The topological polar surface area (TPSA) is 27.1 Å². The van der Waals surface area contributed by atoms with Gasteiger partial charge in [-0.15, -0.1) is 0 Å². The Labute approximate surface area is 82.3 Å². The Hall–Kier alpha value is -1.35. The zero-order chi connectivity index (χ0) is 9.54. The fraction of sp³-hybridized carbons (Fsp3) is 0.364. The van der Waals surface area contributed by atoms with Crippen LogP contribution in [0.3, 0.4) is 0 Å². The first-order valence-electron chi connectivity index (χ1n) is 4.86. The van der Waals surface area contributed by atoms with Crippen molar-refractivity contribution in [3.8, 4) is 0 Å². The lowest BCUT2D eigenvalue weighted by Crippen LogP contribution is -2.30. The van der Waals surface area contributed by atoms with Crippen molar-refractivity contribution in [3.05, 3.63) is 30.0 Å². The summed E-state index contributed by atoms with van der Waals surface area (Å²) in [4.78, 5) is 0. The standard InChI is InChI=1S/C11H12N2O/c1-8-2-3-9-5-13(10-6-14-7-10)12-11(9)4-8/h2-5,10H,6-7H2,1H3. The second kappa shape index (κ2) is 2.82. The molecule has 0 atom stereocenters. The Bertz CT molecular complexity index is 471. The van der Waals surface area contributed by atoms with Gasteiger partial charge in [0.2, 0.25) is 0 Å². The van der Waals surface area contributed by atoms with Crippen LogP contribution in [0.25, 0.3) is 10.9 Å². The number of hydrogen-bond acceptors (Lipinski definition) is 2. The average molecular weight is 188 g/mol. The van der Waals surface area contributed by atoms with E-state index in [9.17, 15) is 0 Å². The Morgan fingerprint density at radius 2 is 2.29 bits per heavy atom. The molecular weight excluding hydrogens is 176 g/mol. The predicted molar refractivity (Wildman–Crippen MR) is 54.3 cm³/mol. The minimum Gasteiger partial charge on any atom is -0.377 e. The van der Waals surface area contributed by atoms with Gasteiger partial charge in [-0.2, -0.15) is 5.10 Å². The monoisotopic (exact) mass is 188 g/mol. The number of aromatic nitrogens is 2. The summed E-state index contributed by atoms with van der Waals surface area (Å²) in [7, 11) is 0. The fourth-order valence-corrected chi connectivity index (χ4v) is 1.71. The minimum atomic E-state index is 0.447. The Kier molecular flexibility index (Phi) is 1.61. The molecule has 0 bridgehead atoms. The maximum absolute atomic E-state index is 5.15. The molecule has 1 aliphatic rings. The summed E-state index contributed by atoms with van der Waals surface area (Å²) >= 11 is 0. The van der Waals surface area contributed by atoms with E-state index in [0.29, 0.717) is 6.04 Å². The first-order valence-corrected chi connectivity index (χ1v) is 4.86. The highest BCUT2D eigenvalue weighted by atomic mass is 16.5. The van der Waals surface area contributed by atoms with E-state index in [2.05, 4.69) is 36.4 Å². The van der Waals surface area contributed by atoms with Gasteiger partial charge in [0.05, 0.1) is 24.8 Å². The number of ether oxygens (including phenoxy) is 1. The molecule has 2 heterocycles. The van der Waals surface area contributed by atoms with Gasteiger partial charge in [-0.3, -0.25) is 4.68 Å². The van der Waals surface area contributed by atoms with Crippen LogP contribution < -0.4 is 0 Å². The van der Waals surface area contributed by atoms with Gasteiger partial charge in [0.25, 0.3) is 0 Å². The summed E-state index contributed by atoms with van der Waals surface area (Å²) in [5.74, 6) is 0. The number of aryl methyl sites for hydroxylation is 1. The largest absolute Gasteiger partial charge is 0.377 e. The van der Waals surface area contributed by atoms with Crippen LogP contribution in [0.5, 0.6) is 0 Å². The molecule has 0 radical (unpaired) electrons. The van der Waals surface area contributed by atoms with Crippen molar-refractivity contribution < 1.29 is 4.74 Å². The van der Waals surface area contributed by atoms with E-state index in [4.69, 9.17) is 4.74 Å². The lowest BCUT2D eigenvalue weighted by molar-refractivity contribution is -0.0283. The fourth-order valence-electron chi connectivity index (χ4n) is 1.71. The summed E-state index contributed by atoms with van der Waals surface area (Å²) < 4.78 is 7.17. The van der Waals surface area contributed by atoms with Crippen LogP contribution in [0, 0.1) is 6.92 Å². The van der Waals surface area contributed by atoms with Crippen molar-refractivity contribution in [2.24, 2.45) is 0 Å². The third-order valence-corrected chi connectivity index (χ3v) is 2.68. The first kappa shape index (κ1) is 8.00. The van der Waals surface area contributed by atoms with Gasteiger partial charge < -0.3 is 4.74 Å². The summed E-state index contributed by atoms with van der Waals surface area (Å²) in [6.45, 7) is 3.69. The Balaban J connectivity index is 2.10. The quantitative estimate of drug-likeness (QED) is 0.683. The number of benzene rings is 1. The van der Waals surface area contributed by atoms with E-state index >= 15 is 0 Å². The van der Waals surface area contributed by atoms with Gasteiger partial charge in [-0.05, 0) is 18.6 Å². The molecule has 0 saturated carbocycles. The highest BCUT2D eigenvalue weighted by Crippen LogP contribution is 2.20. The molecule has 0 amide bonds. The molecule has 0 aliphatic carbocycles. The minimum absolute atomic E-state index is 0.447. The van der Waals surface area contributed by atoms with Crippen molar-refractivity contribution in [1.82, 2.24) is 9.78 Å². The molecule has 14 heavy (non-hydrogen) atoms. The van der Waals surface area contributed by atoms with Crippen molar-refractivity contribution in [2.75, 3.05) is 13.2 Å². The van der Waals surface area contributed by atoms with E-state index in [1.54, 1.807) is 0 Å². The van der Waals surface area contributed by atoms with Crippen LogP contribution in [0.2, 0.25) is 0 Å². The van der Waals surface area contributed by atoms with Crippen LogP contribution in [0.1, 0.15) is 11.6 Å². The molecule has 1 aliphatic heterocycles. The molecule has 3 nitrogen and oxygen atoms in total. The summed E-state index contributed by atoms with van der Waals surface area (Å²) in [5.41, 5.74) is 2.34. The zero-order valence-electron chi connectivity index (χ0n) is 8.10. The zero-order valence-corrected chi connectivity index (χ0v) is 8.10. The Morgan fingerprint density at radius 1 is 1.43 bits per heavy atom. The lowest BCUT2D eigenvalue weighted by atomic mass is 10.2. The summed E-state index contributed by atoms with van der Waals surface area (Å²) in [5, 5.41) is 5.74. The van der Waals surface area contributed by atoms with E-state index in [-0.39, 0.29) is 0 Å². The first-order chi connectivity index (χ1) is 6.83. The van der Waals surface area contributed by atoms with Crippen molar-refractivity contribution >= 4 is 10.9 Å². The molecule has 0 unspecified atom stereocenters. The highest BCUT2D eigenvalue weighted by molar-refractivity contribution is 5.78. The van der Waals surface area contributed by atoms with Crippen LogP contribution in [0.4, 0.5) is 0 Å². The van der Waals surface area contributed by atoms with E-state index in [1.807, 2.05) is 4.68 Å². The molecule has 3 heteroatoms. The predicted octanol–water partition coefficient (Wildman–Crippen LogP) is 1.92. The summed E-state index contributed by atoms with van der Waals surface area (Å²) in [6.07, 6.45) is 2.10. The van der Waals surface area contributed by atoms with Crippen molar-refractivity contribution in [1.29, 1.82) is 0 Å². The summed E-state index contributed by atoms with van der Waals surface area (Å²) in [6, 6.07) is 6.80. The molecule has 1 aromatic heterocycles. The maximum Gasteiger partial charge on any atom is 0.0985 e. The van der Waals surface area contributed by atoms with Gasteiger partial charge in [-0.1, -0.05) is 12.1 Å². The van der Waals surface area contributed by atoms with Gasteiger partial charge in [0.15, 0.2) is 0 Å². The van der Waals surface area contributed by atoms with E-state index in [0.717, 1.165) is 18.7 Å². The van der Waals surface area contributed by atoms with Crippen LogP contribution in [0.15, 0.2) is 24.4 Å². The lowest BCUT2D eigenvalue weighted by Gasteiger charge is -2.25. The number of rotatable bonds is 1. The van der Waals surface area contributed by atoms with Crippen LogP contribution in [-0.2, 0) is 4.74 Å². The van der Waals surface area contributed by atoms with Gasteiger partial charge in [0, 0.05) is 11.6 Å². The molecule has 72 valence electrons. The second-order valence-electron chi connectivity index (χ2n) is 3.86. The molecule has 1 saturated heterocycles. The molecule has 1 aromatic carbocycles. The number of fused-ring (bicyclic) bond motifs is 1. The van der Waals surface area contributed by atoms with E-state index in [1.165, 1.54) is 10.9 Å². The third-order valence-electron chi connectivity index (χ3n) is 2.68. The van der Waals surface area contributed by atoms with Crippen LogP contribution in [-0.4, -0.2) is 23.0 Å². The van der Waals surface area contributed by atoms with Crippen LogP contribution >= 0.6 is 0 Å². The SMILES string of the molecule is Cc1ccc2cn(C3COC3)nc2c1. The molecule has 0 spiro atoms. The normalized spacial score (nSPS) is 17.2. The van der Waals surface area contributed by atoms with Gasteiger partial charge in [-0.25, -0.2) is 0 Å². The van der Waals surface area contributed by atoms with E-state index < -0.39 is 0 Å². The van der Waals surface area contributed by atoms with Gasteiger partial charge >= 0.3 is 0 Å². The van der Waals surface area contributed by atoms with Crippen molar-refractivity contribution in [2.45, 2.75) is 13.0 Å². The molecule has 0 N–H and O–H groups in total. The highest BCUT2D eigenvalue weighted by Gasteiger charge is 2.21. The third kappa shape index (κ3) is 1.13. The molecule has 2 aromatic rings. The molecule has 1 fully saturated rings. The van der Waals surface area contributed by atoms with Crippen molar-refractivity contribution in [3.63, 3.8) is 0 Å².